The molecule has 1 aliphatic heterocycles. The maximum atomic E-state index is 12.0. The minimum atomic E-state index is -0.120. The summed E-state index contributed by atoms with van der Waals surface area (Å²) in [6, 6.07) is 6.34. The summed E-state index contributed by atoms with van der Waals surface area (Å²) in [7, 11) is 0. The summed E-state index contributed by atoms with van der Waals surface area (Å²) in [5, 5.41) is 0. The first kappa shape index (κ1) is 14.3. The summed E-state index contributed by atoms with van der Waals surface area (Å²) >= 11 is 3.61. The molecule has 3 rings (SSSR count). The molecule has 2 heterocycles. The van der Waals surface area contributed by atoms with Crippen LogP contribution in [0.4, 0.5) is 5.95 Å². The molecule has 0 saturated carbocycles. The second-order valence-corrected chi connectivity index (χ2v) is 6.29. The number of nitrogen functional groups attached to an aromatic ring is 1. The highest BCUT2D eigenvalue weighted by molar-refractivity contribution is 9.10. The number of nitrogens with one attached hydrogen (secondary N) is 1. The highest BCUT2D eigenvalue weighted by Crippen LogP contribution is 2.22. The molecule has 3 N–H and O–H groups in total. The van der Waals surface area contributed by atoms with Gasteiger partial charge in [0.05, 0.1) is 11.3 Å². The van der Waals surface area contributed by atoms with E-state index in [2.05, 4.69) is 55.9 Å². The van der Waals surface area contributed by atoms with E-state index in [9.17, 15) is 4.79 Å². The Kier molecular flexibility index (Phi) is 3.82. The molecule has 21 heavy (non-hydrogen) atoms. The summed E-state index contributed by atoms with van der Waals surface area (Å²) in [5.41, 5.74) is 9.49. The molecule has 1 aromatic heterocycles. The van der Waals surface area contributed by atoms with Gasteiger partial charge in [-0.05, 0) is 24.1 Å². The average Bonchev–Trinajstić information content (AvgIpc) is 2.42. The largest absolute Gasteiger partial charge is 0.369 e. The van der Waals surface area contributed by atoms with Crippen molar-refractivity contribution in [3.05, 3.63) is 55.4 Å². The molecule has 1 aromatic carbocycles. The molecule has 0 saturated heterocycles. The summed E-state index contributed by atoms with van der Waals surface area (Å²) in [6.45, 7) is 4.37. The lowest BCUT2D eigenvalue weighted by Crippen LogP contribution is -2.35. The summed E-state index contributed by atoms with van der Waals surface area (Å²) in [4.78, 5) is 21.0. The Labute approximate surface area is 131 Å². The second-order valence-electron chi connectivity index (χ2n) is 5.43. The second kappa shape index (κ2) is 5.61. The number of anilines is 1. The predicted molar refractivity (Wildman–Crippen MR) is 86.0 cm³/mol. The monoisotopic (exact) mass is 348 g/mol. The number of halogens is 1. The Morgan fingerprint density at radius 2 is 2.29 bits per heavy atom. The first-order valence-electron chi connectivity index (χ1n) is 6.88. The van der Waals surface area contributed by atoms with E-state index in [0.717, 1.165) is 35.2 Å². The van der Waals surface area contributed by atoms with Gasteiger partial charge in [-0.2, -0.15) is 0 Å². The number of aromatic amines is 1. The Bertz CT molecular complexity index is 741. The minimum absolute atomic E-state index is 0.120. The van der Waals surface area contributed by atoms with Gasteiger partial charge in [0.1, 0.15) is 0 Å². The molecule has 0 unspecified atom stereocenters. The Morgan fingerprint density at radius 3 is 3.05 bits per heavy atom. The topological polar surface area (TPSA) is 75.0 Å². The number of fused-ring (bicyclic) bond motifs is 1. The molecule has 0 amide bonds. The van der Waals surface area contributed by atoms with E-state index >= 15 is 0 Å². The fourth-order valence-electron chi connectivity index (χ4n) is 2.66. The molecule has 0 radical (unpaired) electrons. The molecule has 0 bridgehead atoms. The lowest BCUT2D eigenvalue weighted by molar-refractivity contribution is 0.241. The van der Waals surface area contributed by atoms with Crippen molar-refractivity contribution in [3.63, 3.8) is 0 Å². The van der Waals surface area contributed by atoms with Gasteiger partial charge in [0.2, 0.25) is 5.95 Å². The van der Waals surface area contributed by atoms with Gasteiger partial charge in [-0.3, -0.25) is 14.7 Å². The maximum Gasteiger partial charge on any atom is 0.257 e. The van der Waals surface area contributed by atoms with Gasteiger partial charge in [0, 0.05) is 30.5 Å². The van der Waals surface area contributed by atoms with Gasteiger partial charge in [-0.1, -0.05) is 28.1 Å². The third-order valence-corrected chi connectivity index (χ3v) is 4.51. The third-order valence-electron chi connectivity index (χ3n) is 3.77. The number of aryl methyl sites for hydroxylation is 1. The van der Waals surface area contributed by atoms with Crippen LogP contribution in [0.25, 0.3) is 0 Å². The first-order valence-corrected chi connectivity index (χ1v) is 7.67. The van der Waals surface area contributed by atoms with Crippen molar-refractivity contribution in [1.29, 1.82) is 0 Å². The van der Waals surface area contributed by atoms with E-state index in [4.69, 9.17) is 5.73 Å². The van der Waals surface area contributed by atoms with E-state index in [1.165, 1.54) is 11.1 Å². The van der Waals surface area contributed by atoms with Crippen LogP contribution in [0.2, 0.25) is 0 Å². The molecule has 2 aromatic rings. The van der Waals surface area contributed by atoms with Crippen LogP contribution in [0.1, 0.15) is 22.4 Å². The van der Waals surface area contributed by atoms with Crippen LogP contribution < -0.4 is 11.3 Å². The molecule has 0 atom stereocenters. The fraction of sp³-hybridized carbons (Fsp3) is 0.333. The van der Waals surface area contributed by atoms with Crippen molar-refractivity contribution < 1.29 is 0 Å². The number of hydrogen-bond acceptors (Lipinski definition) is 4. The lowest BCUT2D eigenvalue weighted by Gasteiger charge is -2.27. The van der Waals surface area contributed by atoms with Crippen LogP contribution in [-0.2, 0) is 19.5 Å². The normalized spacial score (nSPS) is 15.0. The van der Waals surface area contributed by atoms with Crippen LogP contribution in [0.5, 0.6) is 0 Å². The van der Waals surface area contributed by atoms with E-state index in [0.29, 0.717) is 6.54 Å². The summed E-state index contributed by atoms with van der Waals surface area (Å²) < 4.78 is 1.11. The van der Waals surface area contributed by atoms with Crippen molar-refractivity contribution >= 4 is 21.9 Å². The third kappa shape index (κ3) is 3.01. The van der Waals surface area contributed by atoms with Gasteiger partial charge < -0.3 is 5.73 Å². The molecule has 5 nitrogen and oxygen atoms in total. The molecule has 1 aliphatic rings. The average molecular weight is 349 g/mol. The van der Waals surface area contributed by atoms with Crippen LogP contribution in [-0.4, -0.2) is 21.4 Å². The zero-order valence-corrected chi connectivity index (χ0v) is 13.4. The van der Waals surface area contributed by atoms with Crippen molar-refractivity contribution in [2.45, 2.75) is 26.4 Å². The fourth-order valence-corrected chi connectivity index (χ4v) is 3.28. The van der Waals surface area contributed by atoms with Gasteiger partial charge in [0.25, 0.3) is 5.56 Å². The van der Waals surface area contributed by atoms with Gasteiger partial charge in [-0.25, -0.2) is 4.98 Å². The zero-order valence-electron chi connectivity index (χ0n) is 11.8. The van der Waals surface area contributed by atoms with E-state index in [1.54, 1.807) is 0 Å². The molecule has 110 valence electrons. The van der Waals surface area contributed by atoms with Gasteiger partial charge >= 0.3 is 0 Å². The molecule has 0 spiro atoms. The number of rotatable bonds is 2. The molecular formula is C15H17BrN4O. The van der Waals surface area contributed by atoms with Crippen molar-refractivity contribution in [3.8, 4) is 0 Å². The maximum absolute atomic E-state index is 12.0. The van der Waals surface area contributed by atoms with E-state index in [1.807, 2.05) is 0 Å². The van der Waals surface area contributed by atoms with Gasteiger partial charge in [-0.15, -0.1) is 0 Å². The Hall–Kier alpha value is -1.66. The first-order chi connectivity index (χ1) is 10.0. The minimum Gasteiger partial charge on any atom is -0.369 e. The van der Waals surface area contributed by atoms with E-state index < -0.39 is 0 Å². The predicted octanol–water partition coefficient (Wildman–Crippen LogP) is 1.98. The number of nitrogens with two attached hydrogens (primary N) is 1. The molecule has 0 fully saturated rings. The Morgan fingerprint density at radius 1 is 1.48 bits per heavy atom. The molecule has 6 heteroatoms. The highest BCUT2D eigenvalue weighted by Gasteiger charge is 2.21. The summed E-state index contributed by atoms with van der Waals surface area (Å²) in [5.74, 6) is 0.202. The van der Waals surface area contributed by atoms with E-state index in [-0.39, 0.29) is 11.5 Å². The lowest BCUT2D eigenvalue weighted by atomic mass is 10.1. The molecule has 0 aliphatic carbocycles. The highest BCUT2D eigenvalue weighted by atomic mass is 79.9. The zero-order chi connectivity index (χ0) is 15.0. The number of benzene rings is 1. The number of hydrogen-bond donors (Lipinski definition) is 2. The smallest absolute Gasteiger partial charge is 0.257 e. The van der Waals surface area contributed by atoms with Crippen LogP contribution in [0.3, 0.4) is 0 Å². The van der Waals surface area contributed by atoms with Crippen molar-refractivity contribution in [1.82, 2.24) is 14.9 Å². The number of H-pyrrole nitrogens is 1. The SMILES string of the molecule is Cc1ccc(CN2CCc3nc(N)[nH]c(=O)c3C2)c(Br)c1. The van der Waals surface area contributed by atoms with Crippen LogP contribution >= 0.6 is 15.9 Å². The van der Waals surface area contributed by atoms with Gasteiger partial charge in [0.15, 0.2) is 0 Å². The molecular weight excluding hydrogens is 332 g/mol. The van der Waals surface area contributed by atoms with Crippen LogP contribution in [0, 0.1) is 6.92 Å². The van der Waals surface area contributed by atoms with Crippen molar-refractivity contribution in [2.75, 3.05) is 12.3 Å². The standard InChI is InChI=1S/C15H17BrN4O/c1-9-2-3-10(12(16)6-9)7-20-5-4-13-11(8-20)14(21)19-15(17)18-13/h2-3,6H,4-5,7-8H2,1H3,(H3,17,18,19,21). The van der Waals surface area contributed by atoms with Crippen LogP contribution in [0.15, 0.2) is 27.5 Å². The van der Waals surface area contributed by atoms with Crippen molar-refractivity contribution in [2.24, 2.45) is 0 Å². The summed E-state index contributed by atoms with van der Waals surface area (Å²) in [6.07, 6.45) is 0.757. The number of aromatic nitrogens is 2. The quantitative estimate of drug-likeness (QED) is 0.870. The Balaban J connectivity index is 1.82. The number of nitrogens with zero attached hydrogens (tertiary/aromatic N) is 2.